The Kier molecular flexibility index (Phi) is 11.5. The number of aromatic nitrogens is 3. The van der Waals surface area contributed by atoms with Crippen LogP contribution in [0.2, 0.25) is 0 Å². The predicted molar refractivity (Wildman–Crippen MR) is 264 cm³/mol. The van der Waals surface area contributed by atoms with Crippen molar-refractivity contribution in [3.63, 3.8) is 0 Å². The second-order valence-electron chi connectivity index (χ2n) is 16.9. The molecule has 2 aromatic heterocycles. The van der Waals surface area contributed by atoms with Crippen LogP contribution in [0.25, 0.3) is 67.2 Å². The van der Waals surface area contributed by atoms with Gasteiger partial charge < -0.3 is 14.8 Å². The van der Waals surface area contributed by atoms with E-state index in [0.717, 1.165) is 53.9 Å². The number of hydrogen-bond acceptors (Lipinski definition) is 4. The van der Waals surface area contributed by atoms with Gasteiger partial charge in [-0.3, -0.25) is 4.98 Å². The third-order valence-corrected chi connectivity index (χ3v) is 12.6. The van der Waals surface area contributed by atoms with Crippen molar-refractivity contribution in [3.05, 3.63) is 241 Å². The van der Waals surface area contributed by atoms with Crippen molar-refractivity contribution in [1.29, 1.82) is 0 Å². The van der Waals surface area contributed by atoms with Crippen LogP contribution in [0.4, 0.5) is 0 Å². The number of nitrogens with zero attached hydrogens (tertiary/aromatic N) is 4. The van der Waals surface area contributed by atoms with E-state index in [2.05, 4.69) is 215 Å². The van der Waals surface area contributed by atoms with Crippen molar-refractivity contribution >= 4 is 0 Å². The molecule has 3 heterocycles. The minimum absolute atomic E-state index is 0.188. The largest absolute Gasteiger partial charge is 0.366 e. The fourth-order valence-corrected chi connectivity index (χ4v) is 8.96. The van der Waals surface area contributed by atoms with Crippen molar-refractivity contribution in [3.8, 4) is 67.2 Å². The van der Waals surface area contributed by atoms with Crippen LogP contribution in [0.3, 0.4) is 0 Å². The van der Waals surface area contributed by atoms with Crippen LogP contribution in [-0.4, -0.2) is 26.5 Å². The van der Waals surface area contributed by atoms with Crippen LogP contribution in [0.15, 0.2) is 213 Å². The summed E-state index contributed by atoms with van der Waals surface area (Å²) in [6, 6.07) is 66.6. The van der Waals surface area contributed by atoms with Crippen LogP contribution in [0.5, 0.6) is 0 Å². The van der Waals surface area contributed by atoms with Gasteiger partial charge in [-0.1, -0.05) is 170 Å². The fourth-order valence-electron chi connectivity index (χ4n) is 8.96. The molecule has 0 aliphatic carbocycles. The molecule has 5 heteroatoms. The normalized spacial score (nSPS) is 13.3. The van der Waals surface area contributed by atoms with Gasteiger partial charge in [0.2, 0.25) is 0 Å². The molecule has 0 saturated carbocycles. The summed E-state index contributed by atoms with van der Waals surface area (Å²) in [5, 5.41) is 3.44. The highest BCUT2D eigenvalue weighted by Gasteiger charge is 2.17. The molecule has 1 unspecified atom stereocenters. The van der Waals surface area contributed by atoms with Crippen molar-refractivity contribution in [2.45, 2.75) is 31.8 Å². The van der Waals surface area contributed by atoms with Gasteiger partial charge in [0, 0.05) is 56.2 Å². The summed E-state index contributed by atoms with van der Waals surface area (Å²) in [7, 11) is 4.15. The van der Waals surface area contributed by atoms with Crippen molar-refractivity contribution < 1.29 is 0 Å². The summed E-state index contributed by atoms with van der Waals surface area (Å²) in [5.74, 6) is 0.985. The molecule has 5 nitrogen and oxygen atoms in total. The van der Waals surface area contributed by atoms with E-state index in [9.17, 15) is 0 Å². The molecular formula is C59H51N5. The molecule has 1 aliphatic heterocycles. The molecule has 0 radical (unpaired) electrons. The monoisotopic (exact) mass is 829 g/mol. The maximum Gasteiger partial charge on any atom is 0.139 e. The van der Waals surface area contributed by atoms with Gasteiger partial charge in [0.05, 0.1) is 5.69 Å². The lowest BCUT2D eigenvalue weighted by Crippen LogP contribution is -2.23. The van der Waals surface area contributed by atoms with Gasteiger partial charge in [0.25, 0.3) is 0 Å². The Hall–Kier alpha value is -7.76. The number of nitrogens with one attached hydrogen (secondary N) is 1. The van der Waals surface area contributed by atoms with Gasteiger partial charge in [-0.2, -0.15) is 0 Å². The first kappa shape index (κ1) is 40.3. The average Bonchev–Trinajstić information content (AvgIpc) is 4.00. The third-order valence-electron chi connectivity index (χ3n) is 12.6. The highest BCUT2D eigenvalue weighted by molar-refractivity contribution is 5.85. The molecule has 0 saturated heterocycles. The van der Waals surface area contributed by atoms with Crippen LogP contribution >= 0.6 is 0 Å². The van der Waals surface area contributed by atoms with E-state index >= 15 is 0 Å². The number of rotatable bonds is 13. The lowest BCUT2D eigenvalue weighted by molar-refractivity contribution is 0.340. The first-order valence-electron chi connectivity index (χ1n) is 22.3. The standard InChI is InChI=1S/C59H51N5/c1-63-36-34-61-58(63)51-20-16-42(17-21-51)12-14-44-38-45(15-13-43-18-22-52(23-19-43)59-62-35-37-64(59)2)40-54(39-44)56-11-7-6-10-55(56)49-28-30-50(31-29-49)57-41-53(32-33-60-57)48-26-24-47(25-27-48)46-8-4-3-5-9-46/h3-11,16-41,58,61H,12-15H2,1-2H3. The first-order valence-corrected chi connectivity index (χ1v) is 22.3. The molecule has 7 aromatic carbocycles. The number of aryl methyl sites for hydroxylation is 5. The van der Waals surface area contributed by atoms with Gasteiger partial charge in [0.15, 0.2) is 0 Å². The van der Waals surface area contributed by atoms with Crippen LogP contribution in [0.1, 0.15) is 34.0 Å². The summed E-state index contributed by atoms with van der Waals surface area (Å²) in [6.07, 6.45) is 13.9. The molecule has 9 aromatic rings. The van der Waals surface area contributed by atoms with Crippen LogP contribution in [0, 0.1) is 0 Å². The molecule has 312 valence electrons. The number of pyridine rings is 1. The molecule has 0 amide bonds. The molecule has 1 N–H and O–H groups in total. The zero-order chi connectivity index (χ0) is 43.2. The Morgan fingerprint density at radius 3 is 1.61 bits per heavy atom. The molecular weight excluding hydrogens is 779 g/mol. The number of imidazole rings is 1. The minimum atomic E-state index is 0.188. The molecule has 0 bridgehead atoms. The Morgan fingerprint density at radius 2 is 0.984 bits per heavy atom. The molecule has 0 fully saturated rings. The van der Waals surface area contributed by atoms with Crippen molar-refractivity contribution in [2.24, 2.45) is 7.05 Å². The van der Waals surface area contributed by atoms with Gasteiger partial charge in [-0.25, -0.2) is 4.98 Å². The van der Waals surface area contributed by atoms with E-state index < -0.39 is 0 Å². The summed E-state index contributed by atoms with van der Waals surface area (Å²) >= 11 is 0. The number of hydrogen-bond donors (Lipinski definition) is 1. The molecule has 0 spiro atoms. The predicted octanol–water partition coefficient (Wildman–Crippen LogP) is 13.4. The van der Waals surface area contributed by atoms with E-state index in [1.54, 1.807) is 0 Å². The van der Waals surface area contributed by atoms with E-state index in [1.807, 2.05) is 31.8 Å². The summed E-state index contributed by atoms with van der Waals surface area (Å²) in [5.41, 5.74) is 19.5. The van der Waals surface area contributed by atoms with Crippen molar-refractivity contribution in [1.82, 2.24) is 24.8 Å². The SMILES string of the molecule is CN1C=CNC1c1ccc(CCc2cc(CCc3ccc(-c4nccn4C)cc3)cc(-c3ccccc3-c3ccc(-c4cc(-c5ccc(-c6ccccc6)cc5)ccn4)cc3)c2)cc1. The fraction of sp³-hybridized carbons (Fsp3) is 0.119. The Balaban J connectivity index is 0.907. The third kappa shape index (κ3) is 8.93. The van der Waals surface area contributed by atoms with E-state index in [1.165, 1.54) is 66.8 Å². The van der Waals surface area contributed by atoms with Crippen LogP contribution < -0.4 is 5.32 Å². The van der Waals surface area contributed by atoms with E-state index in [-0.39, 0.29) is 6.17 Å². The Labute approximate surface area is 377 Å². The molecule has 1 atom stereocenters. The molecule has 1 aliphatic rings. The molecule has 64 heavy (non-hydrogen) atoms. The van der Waals surface area contributed by atoms with E-state index in [4.69, 9.17) is 4.98 Å². The number of benzene rings is 7. The molecule has 10 rings (SSSR count). The first-order chi connectivity index (χ1) is 31.5. The quantitative estimate of drug-likeness (QED) is 0.126. The van der Waals surface area contributed by atoms with Crippen LogP contribution in [-0.2, 0) is 32.7 Å². The summed E-state index contributed by atoms with van der Waals surface area (Å²) in [4.78, 5) is 11.5. The van der Waals surface area contributed by atoms with Gasteiger partial charge in [-0.15, -0.1) is 0 Å². The van der Waals surface area contributed by atoms with E-state index in [0.29, 0.717) is 0 Å². The Bertz CT molecular complexity index is 3020. The topological polar surface area (TPSA) is 46.0 Å². The van der Waals surface area contributed by atoms with Gasteiger partial charge >= 0.3 is 0 Å². The second kappa shape index (κ2) is 18.3. The summed E-state index contributed by atoms with van der Waals surface area (Å²) in [6.45, 7) is 0. The van der Waals surface area contributed by atoms with Crippen molar-refractivity contribution in [2.75, 3.05) is 7.05 Å². The second-order valence-corrected chi connectivity index (χ2v) is 16.9. The summed E-state index contributed by atoms with van der Waals surface area (Å²) < 4.78 is 2.06. The minimum Gasteiger partial charge on any atom is -0.366 e. The lowest BCUT2D eigenvalue weighted by Gasteiger charge is -2.21. The Morgan fingerprint density at radius 1 is 0.438 bits per heavy atom. The zero-order valence-corrected chi connectivity index (χ0v) is 36.4. The lowest BCUT2D eigenvalue weighted by atomic mass is 9.90. The van der Waals surface area contributed by atoms with Gasteiger partial charge in [-0.05, 0) is 110 Å². The maximum atomic E-state index is 4.80. The zero-order valence-electron chi connectivity index (χ0n) is 36.4. The highest BCUT2D eigenvalue weighted by Crippen LogP contribution is 2.36. The maximum absolute atomic E-state index is 4.80. The smallest absolute Gasteiger partial charge is 0.139 e. The van der Waals surface area contributed by atoms with Gasteiger partial charge in [0.1, 0.15) is 12.0 Å². The average molecular weight is 830 g/mol. The highest BCUT2D eigenvalue weighted by atomic mass is 15.3.